The second kappa shape index (κ2) is 6.37. The maximum atomic E-state index is 11.8. The largest absolute Gasteiger partial charge is 0.477 e. The molecule has 0 aromatic rings. The zero-order valence-electron chi connectivity index (χ0n) is 11.4. The first-order chi connectivity index (χ1) is 8.88. The third-order valence-corrected chi connectivity index (χ3v) is 3.41. The number of hydrogen-bond donors (Lipinski definition) is 2. The van der Waals surface area contributed by atoms with Crippen LogP contribution in [-0.2, 0) is 9.59 Å². The normalized spacial score (nSPS) is 20.5. The third kappa shape index (κ3) is 4.74. The van der Waals surface area contributed by atoms with E-state index >= 15 is 0 Å². The highest BCUT2D eigenvalue weighted by Gasteiger charge is 2.50. The summed E-state index contributed by atoms with van der Waals surface area (Å²) < 4.78 is 0. The van der Waals surface area contributed by atoms with Crippen LogP contribution in [0.4, 0.5) is 0 Å². The molecule has 1 aliphatic rings. The van der Waals surface area contributed by atoms with E-state index in [1.165, 1.54) is 6.08 Å². The lowest BCUT2D eigenvalue weighted by atomic mass is 10.1. The van der Waals surface area contributed by atoms with Gasteiger partial charge in [0.25, 0.3) is 0 Å². The van der Waals surface area contributed by atoms with Gasteiger partial charge in [0.2, 0.25) is 5.91 Å². The zero-order chi connectivity index (χ0) is 14.5. The second-order valence-corrected chi connectivity index (χ2v) is 5.56. The minimum absolute atomic E-state index is 0.0134. The quantitative estimate of drug-likeness (QED) is 0.545. The van der Waals surface area contributed by atoms with E-state index in [1.54, 1.807) is 0 Å². The van der Waals surface area contributed by atoms with E-state index in [1.807, 2.05) is 19.9 Å². The first kappa shape index (κ1) is 15.2. The molecule has 1 saturated carbocycles. The highest BCUT2D eigenvalue weighted by Crippen LogP contribution is 2.51. The van der Waals surface area contributed by atoms with Crippen molar-refractivity contribution in [3.8, 4) is 6.07 Å². The van der Waals surface area contributed by atoms with Crippen LogP contribution < -0.4 is 5.32 Å². The second-order valence-electron chi connectivity index (χ2n) is 5.56. The summed E-state index contributed by atoms with van der Waals surface area (Å²) in [6, 6.07) is 2.04. The first-order valence-electron chi connectivity index (χ1n) is 6.50. The van der Waals surface area contributed by atoms with Crippen LogP contribution in [0.15, 0.2) is 11.8 Å². The summed E-state index contributed by atoms with van der Waals surface area (Å²) >= 11 is 0. The fraction of sp³-hybridized carbons (Fsp3) is 0.643. The van der Waals surface area contributed by atoms with Gasteiger partial charge in [0.15, 0.2) is 0 Å². The summed E-state index contributed by atoms with van der Waals surface area (Å²) in [6.45, 7) is 3.98. The minimum atomic E-state index is -1.12. The Morgan fingerprint density at radius 3 is 2.58 bits per heavy atom. The molecule has 0 bridgehead atoms. The summed E-state index contributed by atoms with van der Waals surface area (Å²) in [7, 11) is 0. The molecule has 0 saturated heterocycles. The number of rotatable bonds is 7. The molecule has 19 heavy (non-hydrogen) atoms. The molecular formula is C14H20N2O3. The molecule has 1 amide bonds. The van der Waals surface area contributed by atoms with Gasteiger partial charge in [-0.05, 0) is 31.1 Å². The predicted molar refractivity (Wildman–Crippen MR) is 69.8 cm³/mol. The van der Waals surface area contributed by atoms with Crippen LogP contribution in [0.2, 0.25) is 0 Å². The molecule has 1 fully saturated rings. The van der Waals surface area contributed by atoms with Gasteiger partial charge in [-0.15, -0.1) is 0 Å². The molecule has 5 heteroatoms. The van der Waals surface area contributed by atoms with E-state index in [0.29, 0.717) is 12.8 Å². The van der Waals surface area contributed by atoms with Crippen LogP contribution >= 0.6 is 0 Å². The van der Waals surface area contributed by atoms with E-state index in [4.69, 9.17) is 10.4 Å². The fourth-order valence-electron chi connectivity index (χ4n) is 1.92. The topological polar surface area (TPSA) is 90.2 Å². The molecule has 0 heterocycles. The summed E-state index contributed by atoms with van der Waals surface area (Å²) in [5, 5.41) is 19.9. The highest BCUT2D eigenvalue weighted by atomic mass is 16.4. The van der Waals surface area contributed by atoms with Gasteiger partial charge in [0.1, 0.15) is 5.70 Å². The van der Waals surface area contributed by atoms with E-state index in [9.17, 15) is 9.59 Å². The van der Waals surface area contributed by atoms with Gasteiger partial charge >= 0.3 is 5.97 Å². The molecule has 0 aliphatic heterocycles. The maximum absolute atomic E-state index is 11.8. The zero-order valence-corrected chi connectivity index (χ0v) is 11.4. The molecule has 0 radical (unpaired) electrons. The molecule has 1 aliphatic carbocycles. The van der Waals surface area contributed by atoms with E-state index in [0.717, 1.165) is 19.3 Å². The molecule has 0 aromatic carbocycles. The number of aliphatic carboxylic acids is 1. The molecule has 104 valence electrons. The standard InChI is InChI=1S/C14H20N2O3/c1-14(2)9-10(14)12(17)16-11(13(18)19)7-5-3-4-6-8-15/h7,10H,3-6,9H2,1-2H3,(H,16,17)(H,18,19)/b11-7+. The average molecular weight is 264 g/mol. The van der Waals surface area contributed by atoms with Crippen LogP contribution in [0.1, 0.15) is 46.0 Å². The molecule has 0 spiro atoms. The van der Waals surface area contributed by atoms with Crippen molar-refractivity contribution >= 4 is 11.9 Å². The van der Waals surface area contributed by atoms with E-state index < -0.39 is 5.97 Å². The molecular weight excluding hydrogens is 244 g/mol. The number of carboxylic acids is 1. The number of nitriles is 1. The number of carboxylic acid groups (broad SMARTS) is 1. The summed E-state index contributed by atoms with van der Waals surface area (Å²) in [5.74, 6) is -1.42. The van der Waals surface area contributed by atoms with Crippen molar-refractivity contribution in [1.29, 1.82) is 5.26 Å². The molecule has 2 N–H and O–H groups in total. The smallest absolute Gasteiger partial charge is 0.352 e. The Balaban J connectivity index is 2.45. The number of carbonyl (C=O) groups is 2. The molecule has 1 atom stereocenters. The Labute approximate surface area is 113 Å². The van der Waals surface area contributed by atoms with Crippen LogP contribution in [0.5, 0.6) is 0 Å². The number of hydrogen-bond acceptors (Lipinski definition) is 3. The van der Waals surface area contributed by atoms with Crippen molar-refractivity contribution in [1.82, 2.24) is 5.32 Å². The Morgan fingerprint density at radius 2 is 2.11 bits per heavy atom. The van der Waals surface area contributed by atoms with E-state index in [2.05, 4.69) is 5.32 Å². The third-order valence-electron chi connectivity index (χ3n) is 3.41. The number of carbonyl (C=O) groups excluding carboxylic acids is 1. The number of allylic oxidation sites excluding steroid dienone is 1. The van der Waals surface area contributed by atoms with Crippen molar-refractivity contribution in [3.05, 3.63) is 11.8 Å². The lowest BCUT2D eigenvalue weighted by molar-refractivity contribution is -0.135. The lowest BCUT2D eigenvalue weighted by Gasteiger charge is -2.07. The van der Waals surface area contributed by atoms with E-state index in [-0.39, 0.29) is 22.9 Å². The van der Waals surface area contributed by atoms with Crippen molar-refractivity contribution in [3.63, 3.8) is 0 Å². The summed E-state index contributed by atoms with van der Waals surface area (Å²) in [6.07, 6.45) is 4.83. The minimum Gasteiger partial charge on any atom is -0.477 e. The number of amides is 1. The van der Waals surface area contributed by atoms with Crippen LogP contribution in [0.3, 0.4) is 0 Å². The van der Waals surface area contributed by atoms with Gasteiger partial charge in [0, 0.05) is 12.3 Å². The summed E-state index contributed by atoms with van der Waals surface area (Å²) in [5.41, 5.74) is -0.0646. The Morgan fingerprint density at radius 1 is 1.47 bits per heavy atom. The van der Waals surface area contributed by atoms with Crippen molar-refractivity contribution in [2.45, 2.75) is 46.0 Å². The van der Waals surface area contributed by atoms with Gasteiger partial charge in [-0.2, -0.15) is 5.26 Å². The SMILES string of the molecule is CC1(C)CC1C(=O)N/C(=C/CCCCC#N)C(=O)O. The fourth-order valence-corrected chi connectivity index (χ4v) is 1.92. The van der Waals surface area contributed by atoms with Crippen LogP contribution in [0, 0.1) is 22.7 Å². The maximum Gasteiger partial charge on any atom is 0.352 e. The van der Waals surface area contributed by atoms with Crippen LogP contribution in [-0.4, -0.2) is 17.0 Å². The number of nitrogens with zero attached hydrogens (tertiary/aromatic N) is 1. The van der Waals surface area contributed by atoms with Gasteiger partial charge in [-0.25, -0.2) is 4.79 Å². The number of unbranched alkanes of at least 4 members (excludes halogenated alkanes) is 3. The Kier molecular flexibility index (Phi) is 5.11. The monoisotopic (exact) mass is 264 g/mol. The highest BCUT2D eigenvalue weighted by molar-refractivity contribution is 5.94. The van der Waals surface area contributed by atoms with Gasteiger partial charge < -0.3 is 10.4 Å². The van der Waals surface area contributed by atoms with Crippen molar-refractivity contribution in [2.75, 3.05) is 0 Å². The van der Waals surface area contributed by atoms with Gasteiger partial charge in [-0.1, -0.05) is 19.9 Å². The average Bonchev–Trinajstić information content (AvgIpc) is 2.96. The predicted octanol–water partition coefficient (Wildman–Crippen LogP) is 2.20. The van der Waals surface area contributed by atoms with Crippen LogP contribution in [0.25, 0.3) is 0 Å². The molecule has 0 aromatic heterocycles. The van der Waals surface area contributed by atoms with Crippen molar-refractivity contribution in [2.24, 2.45) is 11.3 Å². The Hall–Kier alpha value is -1.83. The van der Waals surface area contributed by atoms with Crippen molar-refractivity contribution < 1.29 is 14.7 Å². The number of nitrogens with one attached hydrogen (secondary N) is 1. The lowest BCUT2D eigenvalue weighted by Crippen LogP contribution is -2.29. The molecule has 1 unspecified atom stereocenters. The van der Waals surface area contributed by atoms with Gasteiger partial charge in [-0.3, -0.25) is 4.79 Å². The Bertz CT molecular complexity index is 432. The molecule has 1 rings (SSSR count). The summed E-state index contributed by atoms with van der Waals surface area (Å²) in [4.78, 5) is 22.8. The molecule has 5 nitrogen and oxygen atoms in total. The van der Waals surface area contributed by atoms with Gasteiger partial charge in [0.05, 0.1) is 6.07 Å². The first-order valence-corrected chi connectivity index (χ1v) is 6.50.